The van der Waals surface area contributed by atoms with Gasteiger partial charge in [-0.2, -0.15) is 11.8 Å². The van der Waals surface area contributed by atoms with Crippen molar-refractivity contribution >= 4 is 17.7 Å². The van der Waals surface area contributed by atoms with Crippen molar-refractivity contribution in [2.24, 2.45) is 11.7 Å². The first-order valence-electron chi connectivity index (χ1n) is 6.63. The highest BCUT2D eigenvalue weighted by molar-refractivity contribution is 7.99. The number of hydrogen-bond acceptors (Lipinski definition) is 3. The van der Waals surface area contributed by atoms with Crippen LogP contribution in [0.5, 0.6) is 0 Å². The molecule has 0 saturated carbocycles. The summed E-state index contributed by atoms with van der Waals surface area (Å²) in [7, 11) is 0. The highest BCUT2D eigenvalue weighted by atomic mass is 32.2. The Kier molecular flexibility index (Phi) is 10.8. The van der Waals surface area contributed by atoms with Crippen LogP contribution in [0, 0.1) is 5.92 Å². The third-order valence-electron chi connectivity index (χ3n) is 3.21. The maximum atomic E-state index is 11.6. The highest BCUT2D eigenvalue weighted by Crippen LogP contribution is 2.14. The lowest BCUT2D eigenvalue weighted by Gasteiger charge is -2.13. The van der Waals surface area contributed by atoms with Crippen LogP contribution >= 0.6 is 11.8 Å². The molecule has 0 heterocycles. The van der Waals surface area contributed by atoms with E-state index in [2.05, 4.69) is 25.4 Å². The minimum atomic E-state index is 0.189. The van der Waals surface area contributed by atoms with E-state index in [1.54, 1.807) is 0 Å². The molecular weight excluding hydrogens is 232 g/mol. The summed E-state index contributed by atoms with van der Waals surface area (Å²) in [6, 6.07) is 0. The van der Waals surface area contributed by atoms with Crippen LogP contribution in [0.1, 0.15) is 46.0 Å². The first-order chi connectivity index (χ1) is 8.13. The molecular formula is C13H28N2OS. The van der Waals surface area contributed by atoms with Gasteiger partial charge in [-0.1, -0.05) is 20.3 Å². The minimum Gasteiger partial charge on any atom is -0.356 e. The van der Waals surface area contributed by atoms with Crippen molar-refractivity contribution in [3.8, 4) is 0 Å². The van der Waals surface area contributed by atoms with Crippen LogP contribution in [0.25, 0.3) is 0 Å². The highest BCUT2D eigenvalue weighted by Gasteiger charge is 2.09. The van der Waals surface area contributed by atoms with Gasteiger partial charge < -0.3 is 11.1 Å². The molecule has 3 N–H and O–H groups in total. The van der Waals surface area contributed by atoms with E-state index >= 15 is 0 Å². The lowest BCUT2D eigenvalue weighted by Crippen LogP contribution is -2.26. The van der Waals surface area contributed by atoms with Crippen molar-refractivity contribution in [2.45, 2.75) is 51.2 Å². The fraction of sp³-hybridized carbons (Fsp3) is 0.923. The van der Waals surface area contributed by atoms with Crippen LogP contribution in [0.2, 0.25) is 0 Å². The molecule has 0 spiro atoms. The standard InChI is InChI=1S/C13H28N2OS/c1-4-12(7-9-14)5-6-13(16)15-10-8-11(2)17-3/h11-12H,4-10,14H2,1-3H3,(H,15,16). The normalized spacial score (nSPS) is 14.4. The molecule has 3 nitrogen and oxygen atoms in total. The molecule has 0 aliphatic rings. The number of nitrogens with one attached hydrogen (secondary N) is 1. The Labute approximate surface area is 110 Å². The Morgan fingerprint density at radius 3 is 2.59 bits per heavy atom. The molecule has 0 aromatic carbocycles. The zero-order chi connectivity index (χ0) is 13.1. The van der Waals surface area contributed by atoms with E-state index < -0.39 is 0 Å². The molecule has 0 aromatic heterocycles. The summed E-state index contributed by atoms with van der Waals surface area (Å²) in [6.07, 6.45) is 6.92. The Hall–Kier alpha value is -0.220. The first kappa shape index (κ1) is 16.8. The quantitative estimate of drug-likeness (QED) is 0.634. The maximum Gasteiger partial charge on any atom is 0.220 e. The monoisotopic (exact) mass is 260 g/mol. The number of hydrogen-bond donors (Lipinski definition) is 2. The Balaban J connectivity index is 3.57. The Bertz CT molecular complexity index is 200. The first-order valence-corrected chi connectivity index (χ1v) is 7.92. The molecule has 102 valence electrons. The zero-order valence-electron chi connectivity index (χ0n) is 11.5. The Morgan fingerprint density at radius 2 is 2.06 bits per heavy atom. The predicted molar refractivity (Wildman–Crippen MR) is 77.3 cm³/mol. The van der Waals surface area contributed by atoms with Gasteiger partial charge in [0, 0.05) is 18.2 Å². The topological polar surface area (TPSA) is 55.1 Å². The molecule has 0 aliphatic carbocycles. The minimum absolute atomic E-state index is 0.189. The number of thioether (sulfide) groups is 1. The molecule has 0 bridgehead atoms. The van der Waals surface area contributed by atoms with Crippen molar-refractivity contribution in [2.75, 3.05) is 19.3 Å². The lowest BCUT2D eigenvalue weighted by atomic mass is 9.96. The smallest absolute Gasteiger partial charge is 0.220 e. The molecule has 4 heteroatoms. The lowest BCUT2D eigenvalue weighted by molar-refractivity contribution is -0.121. The molecule has 0 aromatic rings. The SMILES string of the molecule is CCC(CCN)CCC(=O)NCCC(C)SC. The van der Waals surface area contributed by atoms with E-state index in [0.29, 0.717) is 17.6 Å². The molecule has 0 rings (SSSR count). The molecule has 1 amide bonds. The second-order valence-corrected chi connectivity index (χ2v) is 5.85. The van der Waals surface area contributed by atoms with Gasteiger partial charge in [-0.25, -0.2) is 0 Å². The molecule has 0 radical (unpaired) electrons. The van der Waals surface area contributed by atoms with Crippen LogP contribution < -0.4 is 11.1 Å². The largest absolute Gasteiger partial charge is 0.356 e. The van der Waals surface area contributed by atoms with E-state index in [0.717, 1.165) is 38.8 Å². The molecule has 2 unspecified atom stereocenters. The van der Waals surface area contributed by atoms with E-state index in [9.17, 15) is 4.79 Å². The summed E-state index contributed by atoms with van der Waals surface area (Å²) in [5, 5.41) is 3.61. The van der Waals surface area contributed by atoms with Gasteiger partial charge in [0.25, 0.3) is 0 Å². The van der Waals surface area contributed by atoms with Gasteiger partial charge in [-0.3, -0.25) is 4.79 Å². The van der Waals surface area contributed by atoms with Gasteiger partial charge in [0.05, 0.1) is 0 Å². The van der Waals surface area contributed by atoms with Crippen molar-refractivity contribution in [3.63, 3.8) is 0 Å². The third kappa shape index (κ3) is 9.48. The van der Waals surface area contributed by atoms with Gasteiger partial charge in [0.1, 0.15) is 0 Å². The number of nitrogens with two attached hydrogens (primary N) is 1. The van der Waals surface area contributed by atoms with Crippen LogP contribution in [0.3, 0.4) is 0 Å². The van der Waals surface area contributed by atoms with Crippen molar-refractivity contribution in [1.29, 1.82) is 0 Å². The summed E-state index contributed by atoms with van der Waals surface area (Å²) < 4.78 is 0. The van der Waals surface area contributed by atoms with Gasteiger partial charge in [-0.05, 0) is 38.0 Å². The number of carbonyl (C=O) groups excluding carboxylic acids is 1. The molecule has 17 heavy (non-hydrogen) atoms. The maximum absolute atomic E-state index is 11.6. The second kappa shape index (κ2) is 10.9. The van der Waals surface area contributed by atoms with Crippen molar-refractivity contribution < 1.29 is 4.79 Å². The summed E-state index contributed by atoms with van der Waals surface area (Å²) in [4.78, 5) is 11.6. The van der Waals surface area contributed by atoms with E-state index in [-0.39, 0.29) is 5.91 Å². The summed E-state index contributed by atoms with van der Waals surface area (Å²) in [5.74, 6) is 0.796. The van der Waals surface area contributed by atoms with Crippen molar-refractivity contribution in [3.05, 3.63) is 0 Å². The van der Waals surface area contributed by atoms with Crippen LogP contribution in [0.15, 0.2) is 0 Å². The average molecular weight is 260 g/mol. The number of rotatable bonds is 10. The molecule has 0 saturated heterocycles. The van der Waals surface area contributed by atoms with E-state index in [1.807, 2.05) is 11.8 Å². The number of carbonyl (C=O) groups is 1. The van der Waals surface area contributed by atoms with Gasteiger partial charge in [-0.15, -0.1) is 0 Å². The van der Waals surface area contributed by atoms with Crippen LogP contribution in [-0.2, 0) is 4.79 Å². The van der Waals surface area contributed by atoms with Gasteiger partial charge in [0.2, 0.25) is 5.91 Å². The zero-order valence-corrected chi connectivity index (χ0v) is 12.3. The van der Waals surface area contributed by atoms with Crippen LogP contribution in [0.4, 0.5) is 0 Å². The second-order valence-electron chi connectivity index (χ2n) is 4.58. The summed E-state index contributed by atoms with van der Waals surface area (Å²) >= 11 is 1.84. The van der Waals surface area contributed by atoms with E-state index in [1.165, 1.54) is 0 Å². The molecule has 0 aliphatic heterocycles. The van der Waals surface area contributed by atoms with E-state index in [4.69, 9.17) is 5.73 Å². The number of amides is 1. The van der Waals surface area contributed by atoms with Crippen LogP contribution in [-0.4, -0.2) is 30.5 Å². The van der Waals surface area contributed by atoms with Gasteiger partial charge >= 0.3 is 0 Å². The third-order valence-corrected chi connectivity index (χ3v) is 4.25. The predicted octanol–water partition coefficient (Wildman–Crippen LogP) is 2.40. The van der Waals surface area contributed by atoms with Crippen molar-refractivity contribution in [1.82, 2.24) is 5.32 Å². The average Bonchev–Trinajstić information content (AvgIpc) is 2.34. The molecule has 2 atom stereocenters. The summed E-state index contributed by atoms with van der Waals surface area (Å²) in [6.45, 7) is 5.88. The Morgan fingerprint density at radius 1 is 1.35 bits per heavy atom. The molecule has 0 fully saturated rings. The summed E-state index contributed by atoms with van der Waals surface area (Å²) in [5.41, 5.74) is 5.54. The fourth-order valence-corrected chi connectivity index (χ4v) is 2.10. The van der Waals surface area contributed by atoms with Gasteiger partial charge in [0.15, 0.2) is 0 Å². The fourth-order valence-electron chi connectivity index (χ4n) is 1.74.